The number of anilines is 2. The number of hydrogen-bond acceptors (Lipinski definition) is 5. The van der Waals surface area contributed by atoms with E-state index in [9.17, 15) is 13.2 Å². The second kappa shape index (κ2) is 8.89. The van der Waals surface area contributed by atoms with Crippen molar-refractivity contribution in [3.8, 4) is 0 Å². The van der Waals surface area contributed by atoms with Gasteiger partial charge in [0.05, 0.1) is 23.6 Å². The number of benzene rings is 3. The quantitative estimate of drug-likeness (QED) is 0.355. The number of nitrogens with one attached hydrogen (secondary N) is 2. The molecule has 0 spiro atoms. The van der Waals surface area contributed by atoms with E-state index in [1.54, 1.807) is 30.3 Å². The van der Waals surface area contributed by atoms with Crippen molar-refractivity contribution in [1.29, 1.82) is 0 Å². The maximum Gasteiger partial charge on any atom is 0.337 e. The molecular formula is C28H28N2O4S. The minimum atomic E-state index is -3.73. The number of aryl methyl sites for hydroxylation is 2. The molecule has 35 heavy (non-hydrogen) atoms. The Morgan fingerprint density at radius 2 is 1.77 bits per heavy atom. The maximum atomic E-state index is 13.2. The highest BCUT2D eigenvalue weighted by atomic mass is 32.2. The minimum Gasteiger partial charge on any atom is -0.465 e. The Hall–Kier alpha value is -3.58. The number of ether oxygens (including phenoxy) is 1. The molecule has 0 amide bonds. The van der Waals surface area contributed by atoms with Gasteiger partial charge < -0.3 is 10.1 Å². The van der Waals surface area contributed by atoms with Crippen LogP contribution in [0.2, 0.25) is 0 Å². The van der Waals surface area contributed by atoms with Crippen LogP contribution in [0.25, 0.3) is 0 Å². The van der Waals surface area contributed by atoms with Crippen molar-refractivity contribution in [3.05, 3.63) is 101 Å². The highest BCUT2D eigenvalue weighted by molar-refractivity contribution is 7.92. The van der Waals surface area contributed by atoms with Gasteiger partial charge in [-0.05, 0) is 90.9 Å². The summed E-state index contributed by atoms with van der Waals surface area (Å²) in [6.45, 7) is 3.96. The lowest BCUT2D eigenvalue weighted by atomic mass is 9.77. The molecule has 2 N–H and O–H groups in total. The third kappa shape index (κ3) is 4.32. The SMILES string of the molecule is COC(=O)c1ccc(C2Nc3ccc(S(=O)(=O)Nc4ccc(C)c(C)c4)cc3C3C=CCC32)cc1. The molecule has 0 aromatic heterocycles. The second-order valence-corrected chi connectivity index (χ2v) is 10.9. The third-order valence-corrected chi connectivity index (χ3v) is 8.47. The molecule has 3 atom stereocenters. The molecule has 0 saturated heterocycles. The Bertz CT molecular complexity index is 1430. The average molecular weight is 489 g/mol. The summed E-state index contributed by atoms with van der Waals surface area (Å²) in [6.07, 6.45) is 5.22. The van der Waals surface area contributed by atoms with E-state index < -0.39 is 10.0 Å². The molecule has 3 aromatic carbocycles. The van der Waals surface area contributed by atoms with Gasteiger partial charge in [0.1, 0.15) is 0 Å². The first-order valence-corrected chi connectivity index (χ1v) is 13.1. The first-order chi connectivity index (χ1) is 16.8. The van der Waals surface area contributed by atoms with Crippen molar-refractivity contribution < 1.29 is 17.9 Å². The summed E-state index contributed by atoms with van der Waals surface area (Å²) < 4.78 is 33.9. The molecule has 0 radical (unpaired) electrons. The average Bonchev–Trinajstić information content (AvgIpc) is 3.35. The Morgan fingerprint density at radius 3 is 2.49 bits per heavy atom. The zero-order valence-corrected chi connectivity index (χ0v) is 20.7. The van der Waals surface area contributed by atoms with Gasteiger partial charge in [-0.2, -0.15) is 0 Å². The molecule has 180 valence electrons. The first kappa shape index (κ1) is 23.2. The fourth-order valence-electron chi connectivity index (χ4n) is 5.03. The van der Waals surface area contributed by atoms with Gasteiger partial charge >= 0.3 is 5.97 Å². The van der Waals surface area contributed by atoms with E-state index in [4.69, 9.17) is 4.74 Å². The van der Waals surface area contributed by atoms with E-state index in [0.29, 0.717) is 11.3 Å². The summed E-state index contributed by atoms with van der Waals surface area (Å²) in [5.74, 6) is -0.00695. The largest absolute Gasteiger partial charge is 0.465 e. The number of fused-ring (bicyclic) bond motifs is 3. The van der Waals surface area contributed by atoms with Gasteiger partial charge in [-0.1, -0.05) is 30.4 Å². The summed E-state index contributed by atoms with van der Waals surface area (Å²) in [5, 5.41) is 3.62. The Kier molecular flexibility index (Phi) is 5.89. The van der Waals surface area contributed by atoms with Crippen LogP contribution in [-0.4, -0.2) is 21.5 Å². The van der Waals surface area contributed by atoms with Crippen LogP contribution in [0.15, 0.2) is 77.7 Å². The summed E-state index contributed by atoms with van der Waals surface area (Å²) in [6, 6.07) is 18.3. The normalized spacial score (nSPS) is 20.5. The molecule has 0 bridgehead atoms. The van der Waals surface area contributed by atoms with E-state index in [0.717, 1.165) is 34.4 Å². The summed E-state index contributed by atoms with van der Waals surface area (Å²) in [7, 11) is -2.36. The zero-order chi connectivity index (χ0) is 24.7. The highest BCUT2D eigenvalue weighted by Crippen LogP contribution is 2.50. The van der Waals surface area contributed by atoms with Crippen molar-refractivity contribution in [2.45, 2.75) is 37.1 Å². The fraction of sp³-hybridized carbons (Fsp3) is 0.250. The second-order valence-electron chi connectivity index (χ2n) is 9.24. The Labute approximate surface area is 206 Å². The molecule has 1 heterocycles. The molecule has 3 unspecified atom stereocenters. The highest BCUT2D eigenvalue weighted by Gasteiger charge is 2.38. The number of carbonyl (C=O) groups is 1. The van der Waals surface area contributed by atoms with E-state index in [1.807, 2.05) is 44.2 Å². The van der Waals surface area contributed by atoms with Crippen molar-refractivity contribution >= 4 is 27.4 Å². The van der Waals surface area contributed by atoms with E-state index in [2.05, 4.69) is 22.2 Å². The minimum absolute atomic E-state index is 0.0466. The molecule has 5 rings (SSSR count). The molecule has 3 aromatic rings. The number of hydrogen-bond donors (Lipinski definition) is 2. The standard InChI is InChI=1S/C28H28N2O4S/c1-17-7-12-21(15-18(17)2)30-35(32,33)22-13-14-26-25(16-22)23-5-4-6-24(23)27(29-26)19-8-10-20(11-9-19)28(31)34-3/h4-5,7-16,23-24,27,29-30H,6H2,1-3H3. The number of sulfonamides is 1. The summed E-state index contributed by atoms with van der Waals surface area (Å²) in [5.41, 5.74) is 6.19. The number of allylic oxidation sites excluding steroid dienone is 2. The van der Waals surface area contributed by atoms with Crippen LogP contribution in [0, 0.1) is 19.8 Å². The lowest BCUT2D eigenvalue weighted by Gasteiger charge is -2.37. The topological polar surface area (TPSA) is 84.5 Å². The molecule has 1 aliphatic carbocycles. The number of rotatable bonds is 5. The number of esters is 1. The predicted molar refractivity (Wildman–Crippen MR) is 137 cm³/mol. The van der Waals surface area contributed by atoms with Gasteiger partial charge in [-0.3, -0.25) is 4.72 Å². The van der Waals surface area contributed by atoms with Gasteiger partial charge in [0, 0.05) is 17.3 Å². The van der Waals surface area contributed by atoms with Crippen molar-refractivity contribution in [3.63, 3.8) is 0 Å². The number of carbonyl (C=O) groups excluding carboxylic acids is 1. The van der Waals surface area contributed by atoms with Gasteiger partial charge in [0.15, 0.2) is 0 Å². The Balaban J connectivity index is 1.44. The van der Waals surface area contributed by atoms with Crippen LogP contribution < -0.4 is 10.0 Å². The monoisotopic (exact) mass is 488 g/mol. The molecule has 0 saturated carbocycles. The van der Waals surface area contributed by atoms with Gasteiger partial charge in [0.2, 0.25) is 0 Å². The zero-order valence-electron chi connectivity index (χ0n) is 19.9. The molecule has 2 aliphatic rings. The summed E-state index contributed by atoms with van der Waals surface area (Å²) >= 11 is 0. The number of methoxy groups -OCH3 is 1. The van der Waals surface area contributed by atoms with Crippen LogP contribution in [0.1, 0.15) is 51.0 Å². The Morgan fingerprint density at radius 1 is 1.00 bits per heavy atom. The molecule has 1 aliphatic heterocycles. The van der Waals surface area contributed by atoms with E-state index in [-0.39, 0.29) is 28.7 Å². The predicted octanol–water partition coefficient (Wildman–Crippen LogP) is 5.72. The van der Waals surface area contributed by atoms with E-state index in [1.165, 1.54) is 7.11 Å². The lowest BCUT2D eigenvalue weighted by molar-refractivity contribution is 0.0600. The van der Waals surface area contributed by atoms with Crippen LogP contribution >= 0.6 is 0 Å². The maximum absolute atomic E-state index is 13.2. The van der Waals surface area contributed by atoms with Crippen LogP contribution in [0.5, 0.6) is 0 Å². The first-order valence-electron chi connectivity index (χ1n) is 11.6. The van der Waals surface area contributed by atoms with Crippen LogP contribution in [0.4, 0.5) is 11.4 Å². The van der Waals surface area contributed by atoms with Crippen molar-refractivity contribution in [2.75, 3.05) is 17.1 Å². The van der Waals surface area contributed by atoms with E-state index >= 15 is 0 Å². The van der Waals surface area contributed by atoms with Crippen LogP contribution in [-0.2, 0) is 14.8 Å². The molecular weight excluding hydrogens is 460 g/mol. The third-order valence-electron chi connectivity index (χ3n) is 7.09. The smallest absolute Gasteiger partial charge is 0.337 e. The van der Waals surface area contributed by atoms with Gasteiger partial charge in [-0.25, -0.2) is 13.2 Å². The van der Waals surface area contributed by atoms with Crippen molar-refractivity contribution in [1.82, 2.24) is 0 Å². The van der Waals surface area contributed by atoms with Crippen molar-refractivity contribution in [2.24, 2.45) is 5.92 Å². The fourth-order valence-corrected chi connectivity index (χ4v) is 6.12. The molecule has 7 heteroatoms. The van der Waals surface area contributed by atoms with Gasteiger partial charge in [0.25, 0.3) is 10.0 Å². The van der Waals surface area contributed by atoms with Gasteiger partial charge in [-0.15, -0.1) is 0 Å². The van der Waals surface area contributed by atoms with Crippen LogP contribution in [0.3, 0.4) is 0 Å². The lowest BCUT2D eigenvalue weighted by Crippen LogP contribution is -2.29. The summed E-state index contributed by atoms with van der Waals surface area (Å²) in [4.78, 5) is 12.1. The molecule has 6 nitrogen and oxygen atoms in total. The molecule has 0 fully saturated rings.